The molecule has 1 aromatic carbocycles. The van der Waals surface area contributed by atoms with Gasteiger partial charge in [0, 0.05) is 11.9 Å². The van der Waals surface area contributed by atoms with Crippen LogP contribution in [0.3, 0.4) is 0 Å². The number of rotatable bonds is 3. The van der Waals surface area contributed by atoms with Gasteiger partial charge in [0.15, 0.2) is 0 Å². The van der Waals surface area contributed by atoms with Gasteiger partial charge in [0.05, 0.1) is 16.8 Å². The SMILES string of the molecule is Cc1cc(S(=O)(=O)Nc2cccnc2)cc(N)c1C. The highest BCUT2D eigenvalue weighted by Gasteiger charge is 2.16. The summed E-state index contributed by atoms with van der Waals surface area (Å²) in [4.78, 5) is 4.01. The van der Waals surface area contributed by atoms with Gasteiger partial charge in [0.1, 0.15) is 0 Å². The summed E-state index contributed by atoms with van der Waals surface area (Å²) in [5, 5.41) is 0. The van der Waals surface area contributed by atoms with Crippen LogP contribution in [-0.2, 0) is 10.0 Å². The third kappa shape index (κ3) is 2.85. The molecule has 1 aromatic heterocycles. The van der Waals surface area contributed by atoms with E-state index in [0.29, 0.717) is 11.4 Å². The van der Waals surface area contributed by atoms with Gasteiger partial charge in [0.2, 0.25) is 0 Å². The Morgan fingerprint density at radius 3 is 2.58 bits per heavy atom. The Kier molecular flexibility index (Phi) is 3.44. The van der Waals surface area contributed by atoms with Crippen molar-refractivity contribution in [1.82, 2.24) is 4.98 Å². The molecule has 2 rings (SSSR count). The van der Waals surface area contributed by atoms with Gasteiger partial charge in [-0.05, 0) is 49.2 Å². The molecule has 0 bridgehead atoms. The lowest BCUT2D eigenvalue weighted by Crippen LogP contribution is -2.14. The van der Waals surface area contributed by atoms with E-state index in [-0.39, 0.29) is 4.90 Å². The minimum Gasteiger partial charge on any atom is -0.398 e. The summed E-state index contributed by atoms with van der Waals surface area (Å²) in [6, 6.07) is 6.35. The predicted molar refractivity (Wildman–Crippen MR) is 75.4 cm³/mol. The minimum atomic E-state index is -3.65. The zero-order valence-electron chi connectivity index (χ0n) is 10.7. The van der Waals surface area contributed by atoms with E-state index in [9.17, 15) is 8.42 Å². The molecule has 0 aliphatic rings. The topological polar surface area (TPSA) is 85.1 Å². The zero-order valence-corrected chi connectivity index (χ0v) is 11.5. The minimum absolute atomic E-state index is 0.150. The maximum atomic E-state index is 12.2. The van der Waals surface area contributed by atoms with E-state index in [1.165, 1.54) is 12.3 Å². The fourth-order valence-corrected chi connectivity index (χ4v) is 2.81. The summed E-state index contributed by atoms with van der Waals surface area (Å²) < 4.78 is 26.9. The van der Waals surface area contributed by atoms with Gasteiger partial charge < -0.3 is 5.73 Å². The molecule has 19 heavy (non-hydrogen) atoms. The lowest BCUT2D eigenvalue weighted by Gasteiger charge is -2.11. The number of sulfonamides is 1. The van der Waals surface area contributed by atoms with Crippen molar-refractivity contribution in [2.24, 2.45) is 0 Å². The van der Waals surface area contributed by atoms with Crippen LogP contribution in [0.15, 0.2) is 41.6 Å². The summed E-state index contributed by atoms with van der Waals surface area (Å²) in [6.45, 7) is 3.68. The molecule has 0 aliphatic carbocycles. The Morgan fingerprint density at radius 1 is 1.26 bits per heavy atom. The second kappa shape index (κ2) is 4.89. The number of nitrogen functional groups attached to an aromatic ring is 1. The quantitative estimate of drug-likeness (QED) is 0.841. The molecule has 0 saturated heterocycles. The molecule has 5 nitrogen and oxygen atoms in total. The fourth-order valence-electron chi connectivity index (χ4n) is 1.64. The third-order valence-corrected chi connectivity index (χ3v) is 4.27. The molecule has 0 fully saturated rings. The highest BCUT2D eigenvalue weighted by molar-refractivity contribution is 7.92. The van der Waals surface area contributed by atoms with Gasteiger partial charge in [-0.15, -0.1) is 0 Å². The molecule has 3 N–H and O–H groups in total. The van der Waals surface area contributed by atoms with E-state index in [4.69, 9.17) is 5.73 Å². The van der Waals surface area contributed by atoms with Gasteiger partial charge in [0.25, 0.3) is 10.0 Å². The van der Waals surface area contributed by atoms with E-state index >= 15 is 0 Å². The first-order valence-corrected chi connectivity index (χ1v) is 7.18. The van der Waals surface area contributed by atoms with Crippen LogP contribution < -0.4 is 10.5 Å². The summed E-state index contributed by atoms with van der Waals surface area (Å²) >= 11 is 0. The van der Waals surface area contributed by atoms with Crippen molar-refractivity contribution in [1.29, 1.82) is 0 Å². The molecular formula is C13H15N3O2S. The molecule has 2 aromatic rings. The first kappa shape index (κ1) is 13.4. The summed E-state index contributed by atoms with van der Waals surface area (Å²) in [5.41, 5.74) is 8.42. The number of nitrogens with one attached hydrogen (secondary N) is 1. The molecule has 6 heteroatoms. The number of hydrogen-bond donors (Lipinski definition) is 2. The number of pyridine rings is 1. The second-order valence-electron chi connectivity index (χ2n) is 4.30. The Balaban J connectivity index is 2.40. The highest BCUT2D eigenvalue weighted by Crippen LogP contribution is 2.23. The van der Waals surface area contributed by atoms with E-state index < -0.39 is 10.0 Å². The number of nitrogens with two attached hydrogens (primary N) is 1. The molecular weight excluding hydrogens is 262 g/mol. The Morgan fingerprint density at radius 2 is 2.00 bits per heavy atom. The average Bonchev–Trinajstić information content (AvgIpc) is 2.36. The number of aromatic nitrogens is 1. The van der Waals surface area contributed by atoms with Crippen LogP contribution in [0.1, 0.15) is 11.1 Å². The molecule has 0 amide bonds. The Hall–Kier alpha value is -2.08. The van der Waals surface area contributed by atoms with E-state index in [2.05, 4.69) is 9.71 Å². The van der Waals surface area contributed by atoms with Crippen LogP contribution in [0.4, 0.5) is 11.4 Å². The lowest BCUT2D eigenvalue weighted by atomic mass is 10.1. The van der Waals surface area contributed by atoms with Crippen molar-refractivity contribution >= 4 is 21.4 Å². The third-order valence-electron chi connectivity index (χ3n) is 2.91. The number of aryl methyl sites for hydroxylation is 1. The predicted octanol–water partition coefficient (Wildman–Crippen LogP) is 2.08. The molecule has 0 radical (unpaired) electrons. The van der Waals surface area contributed by atoms with Gasteiger partial charge in [-0.3, -0.25) is 9.71 Å². The van der Waals surface area contributed by atoms with Crippen molar-refractivity contribution in [3.05, 3.63) is 47.8 Å². The van der Waals surface area contributed by atoms with Crippen molar-refractivity contribution in [3.8, 4) is 0 Å². The van der Waals surface area contributed by atoms with Crippen LogP contribution in [-0.4, -0.2) is 13.4 Å². The molecule has 1 heterocycles. The molecule has 0 spiro atoms. The Labute approximate surface area is 112 Å². The summed E-state index contributed by atoms with van der Waals surface area (Å²) in [7, 11) is -3.65. The number of anilines is 2. The highest BCUT2D eigenvalue weighted by atomic mass is 32.2. The molecule has 0 unspecified atom stereocenters. The first-order chi connectivity index (χ1) is 8.90. The van der Waals surface area contributed by atoms with Gasteiger partial charge in [-0.25, -0.2) is 8.42 Å². The van der Waals surface area contributed by atoms with Crippen LogP contribution in [0.25, 0.3) is 0 Å². The van der Waals surface area contributed by atoms with Crippen LogP contribution in [0.2, 0.25) is 0 Å². The largest absolute Gasteiger partial charge is 0.398 e. The first-order valence-electron chi connectivity index (χ1n) is 5.70. The second-order valence-corrected chi connectivity index (χ2v) is 5.98. The van der Waals surface area contributed by atoms with Crippen molar-refractivity contribution < 1.29 is 8.42 Å². The molecule has 0 aliphatic heterocycles. The van der Waals surface area contributed by atoms with Crippen LogP contribution in [0, 0.1) is 13.8 Å². The zero-order chi connectivity index (χ0) is 14.0. The van der Waals surface area contributed by atoms with E-state index in [1.54, 1.807) is 24.4 Å². The van der Waals surface area contributed by atoms with E-state index in [0.717, 1.165) is 11.1 Å². The summed E-state index contributed by atoms with van der Waals surface area (Å²) in [6.07, 6.45) is 3.02. The number of nitrogens with zero attached hydrogens (tertiary/aromatic N) is 1. The molecule has 100 valence electrons. The smallest absolute Gasteiger partial charge is 0.262 e. The standard InChI is InChI=1S/C13H15N3O2S/c1-9-6-12(7-13(14)10(9)2)19(17,18)16-11-4-3-5-15-8-11/h3-8,16H,14H2,1-2H3. The fraction of sp³-hybridized carbons (Fsp3) is 0.154. The maximum Gasteiger partial charge on any atom is 0.262 e. The number of benzene rings is 1. The monoisotopic (exact) mass is 277 g/mol. The van der Waals surface area contributed by atoms with Gasteiger partial charge >= 0.3 is 0 Å². The average molecular weight is 277 g/mol. The number of hydrogen-bond acceptors (Lipinski definition) is 4. The van der Waals surface area contributed by atoms with Gasteiger partial charge in [-0.2, -0.15) is 0 Å². The maximum absolute atomic E-state index is 12.2. The molecule has 0 saturated carbocycles. The van der Waals surface area contributed by atoms with Crippen molar-refractivity contribution in [2.45, 2.75) is 18.7 Å². The summed E-state index contributed by atoms with van der Waals surface area (Å²) in [5.74, 6) is 0. The lowest BCUT2D eigenvalue weighted by molar-refractivity contribution is 0.601. The normalized spacial score (nSPS) is 11.3. The van der Waals surface area contributed by atoms with Crippen molar-refractivity contribution in [3.63, 3.8) is 0 Å². The van der Waals surface area contributed by atoms with Crippen molar-refractivity contribution in [2.75, 3.05) is 10.5 Å². The van der Waals surface area contributed by atoms with Crippen LogP contribution in [0.5, 0.6) is 0 Å². The van der Waals surface area contributed by atoms with E-state index in [1.807, 2.05) is 13.8 Å². The Bertz CT molecular complexity index is 674. The van der Waals surface area contributed by atoms with Gasteiger partial charge in [-0.1, -0.05) is 0 Å². The molecule has 0 atom stereocenters. The van der Waals surface area contributed by atoms with Crippen LogP contribution >= 0.6 is 0 Å².